The first kappa shape index (κ1) is 17.4. The van der Waals surface area contributed by atoms with Crippen molar-refractivity contribution < 1.29 is 19.0 Å². The number of aromatic nitrogens is 3. The van der Waals surface area contributed by atoms with Gasteiger partial charge in [0, 0.05) is 5.69 Å². The molecule has 2 heterocycles. The molecule has 0 saturated carbocycles. The lowest BCUT2D eigenvalue weighted by Gasteiger charge is -2.09. The molecule has 8 heteroatoms. The van der Waals surface area contributed by atoms with Gasteiger partial charge in [-0.1, -0.05) is 0 Å². The summed E-state index contributed by atoms with van der Waals surface area (Å²) in [4.78, 5) is 16.7. The first-order valence-electron chi connectivity index (χ1n) is 7.77. The number of hydrogen-bond acceptors (Lipinski definition) is 5. The molecule has 26 heavy (non-hydrogen) atoms. The van der Waals surface area contributed by atoms with Crippen molar-refractivity contribution in [3.05, 3.63) is 59.3 Å². The maximum absolute atomic E-state index is 13.3. The quantitative estimate of drug-likeness (QED) is 0.750. The largest absolute Gasteiger partial charge is 0.504 e. The van der Waals surface area contributed by atoms with E-state index in [0.29, 0.717) is 22.7 Å². The van der Waals surface area contributed by atoms with Gasteiger partial charge >= 0.3 is 0 Å². The molecular formula is C18H17FN4O3. The number of ether oxygens (including phenoxy) is 1. The van der Waals surface area contributed by atoms with E-state index in [4.69, 9.17) is 4.74 Å². The van der Waals surface area contributed by atoms with Crippen molar-refractivity contribution in [2.45, 2.75) is 13.8 Å². The molecule has 134 valence electrons. The van der Waals surface area contributed by atoms with Gasteiger partial charge in [-0.2, -0.15) is 5.10 Å². The minimum atomic E-state index is -0.641. The summed E-state index contributed by atoms with van der Waals surface area (Å²) in [6, 6.07) is 7.57. The van der Waals surface area contributed by atoms with E-state index in [1.54, 1.807) is 26.0 Å². The van der Waals surface area contributed by atoms with Crippen molar-refractivity contribution in [1.29, 1.82) is 0 Å². The van der Waals surface area contributed by atoms with E-state index in [2.05, 4.69) is 15.4 Å². The van der Waals surface area contributed by atoms with Crippen LogP contribution in [0.3, 0.4) is 0 Å². The Morgan fingerprint density at radius 3 is 2.73 bits per heavy atom. The molecule has 7 nitrogen and oxygen atoms in total. The van der Waals surface area contributed by atoms with Gasteiger partial charge in [0.2, 0.25) is 0 Å². The molecule has 0 bridgehead atoms. The van der Waals surface area contributed by atoms with Crippen LogP contribution in [0.1, 0.15) is 21.7 Å². The summed E-state index contributed by atoms with van der Waals surface area (Å²) < 4.78 is 19.7. The van der Waals surface area contributed by atoms with E-state index in [1.807, 2.05) is 0 Å². The van der Waals surface area contributed by atoms with Crippen molar-refractivity contribution in [3.8, 4) is 17.2 Å². The van der Waals surface area contributed by atoms with Crippen LogP contribution >= 0.6 is 0 Å². The molecule has 0 aliphatic carbocycles. The highest BCUT2D eigenvalue weighted by Crippen LogP contribution is 2.25. The molecule has 3 aromatic rings. The number of carbonyl (C=O) groups excluding carboxylic acids is 1. The zero-order chi connectivity index (χ0) is 18.8. The van der Waals surface area contributed by atoms with Crippen molar-refractivity contribution in [3.63, 3.8) is 0 Å². The van der Waals surface area contributed by atoms with Gasteiger partial charge in [-0.25, -0.2) is 14.1 Å². The molecule has 0 spiro atoms. The number of methoxy groups -OCH3 is 1. The van der Waals surface area contributed by atoms with E-state index in [1.165, 1.54) is 36.2 Å². The van der Waals surface area contributed by atoms with Crippen molar-refractivity contribution in [2.24, 2.45) is 0 Å². The molecule has 0 saturated heterocycles. The fourth-order valence-electron chi connectivity index (χ4n) is 2.49. The Balaban J connectivity index is 1.92. The van der Waals surface area contributed by atoms with Crippen LogP contribution in [0.4, 0.5) is 10.2 Å². The fraction of sp³-hybridized carbons (Fsp3) is 0.167. The average molecular weight is 356 g/mol. The van der Waals surface area contributed by atoms with Crippen LogP contribution in [0.2, 0.25) is 0 Å². The number of amides is 1. The zero-order valence-electron chi connectivity index (χ0n) is 14.4. The van der Waals surface area contributed by atoms with Crippen molar-refractivity contribution in [1.82, 2.24) is 14.8 Å². The number of nitrogens with zero attached hydrogens (tertiary/aromatic N) is 3. The zero-order valence-corrected chi connectivity index (χ0v) is 14.4. The first-order chi connectivity index (χ1) is 12.4. The molecule has 2 aromatic heterocycles. The lowest BCUT2D eigenvalue weighted by Crippen LogP contribution is -2.15. The van der Waals surface area contributed by atoms with Crippen LogP contribution in [0, 0.1) is 19.7 Å². The van der Waals surface area contributed by atoms with Crippen LogP contribution in [-0.2, 0) is 0 Å². The molecule has 0 fully saturated rings. The lowest BCUT2D eigenvalue weighted by molar-refractivity contribution is 0.101. The third-order valence-corrected chi connectivity index (χ3v) is 3.76. The van der Waals surface area contributed by atoms with Gasteiger partial charge in [0.1, 0.15) is 5.82 Å². The molecule has 1 aromatic carbocycles. The first-order valence-corrected chi connectivity index (χ1v) is 7.77. The molecule has 0 atom stereocenters. The number of carbonyl (C=O) groups is 1. The van der Waals surface area contributed by atoms with Gasteiger partial charge in [-0.05, 0) is 49.7 Å². The van der Waals surface area contributed by atoms with Crippen LogP contribution in [0.15, 0.2) is 36.5 Å². The molecule has 0 aliphatic rings. The number of halogens is 1. The van der Waals surface area contributed by atoms with E-state index in [0.717, 1.165) is 0 Å². The maximum atomic E-state index is 13.3. The minimum absolute atomic E-state index is 0.181. The fourth-order valence-corrected chi connectivity index (χ4v) is 2.49. The highest BCUT2D eigenvalue weighted by molar-refractivity contribution is 6.04. The maximum Gasteiger partial charge on any atom is 0.281 e. The second-order valence-electron chi connectivity index (χ2n) is 5.70. The van der Waals surface area contributed by atoms with E-state index in [9.17, 15) is 14.3 Å². The number of anilines is 1. The summed E-state index contributed by atoms with van der Waals surface area (Å²) in [5.74, 6) is -0.713. The van der Waals surface area contributed by atoms with E-state index >= 15 is 0 Å². The van der Waals surface area contributed by atoms with Crippen LogP contribution < -0.4 is 10.1 Å². The number of benzene rings is 1. The molecular weight excluding hydrogens is 339 g/mol. The van der Waals surface area contributed by atoms with E-state index < -0.39 is 5.91 Å². The summed E-state index contributed by atoms with van der Waals surface area (Å²) in [6.45, 7) is 3.48. The molecule has 1 amide bonds. The number of nitrogens with one attached hydrogen (secondary N) is 1. The molecule has 3 rings (SSSR count). The normalized spacial score (nSPS) is 10.6. The van der Waals surface area contributed by atoms with Gasteiger partial charge in [-0.15, -0.1) is 0 Å². The second kappa shape index (κ2) is 6.83. The van der Waals surface area contributed by atoms with Gasteiger partial charge in [0.05, 0.1) is 19.0 Å². The Labute approximate surface area is 149 Å². The summed E-state index contributed by atoms with van der Waals surface area (Å²) in [5.41, 5.74) is 1.67. The SMILES string of the molecule is COc1ccc(C)nc1NC(=O)c1nn(-c2ccc(F)cc2C)cc1O. The van der Waals surface area contributed by atoms with Crippen LogP contribution in [0.5, 0.6) is 11.5 Å². The smallest absolute Gasteiger partial charge is 0.281 e. The predicted molar refractivity (Wildman–Crippen MR) is 93.4 cm³/mol. The number of aromatic hydroxyl groups is 1. The number of rotatable bonds is 4. The highest BCUT2D eigenvalue weighted by atomic mass is 19.1. The van der Waals surface area contributed by atoms with E-state index in [-0.39, 0.29) is 23.1 Å². The van der Waals surface area contributed by atoms with Crippen LogP contribution in [0.25, 0.3) is 5.69 Å². The average Bonchev–Trinajstić information content (AvgIpc) is 2.96. The molecule has 0 radical (unpaired) electrons. The molecule has 2 N–H and O–H groups in total. The Hall–Kier alpha value is -3.42. The van der Waals surface area contributed by atoms with Gasteiger partial charge in [-0.3, -0.25) is 4.79 Å². The van der Waals surface area contributed by atoms with Gasteiger partial charge in [0.25, 0.3) is 5.91 Å². The Morgan fingerprint density at radius 2 is 2.04 bits per heavy atom. The third-order valence-electron chi connectivity index (χ3n) is 3.76. The second-order valence-corrected chi connectivity index (χ2v) is 5.70. The summed E-state index contributed by atoms with van der Waals surface area (Å²) in [6.07, 6.45) is 1.29. The number of hydrogen-bond donors (Lipinski definition) is 2. The standard InChI is InChI=1S/C18H17FN4O3/c1-10-8-12(19)5-6-13(10)23-9-14(24)16(22-23)18(25)21-17-15(26-3)7-4-11(2)20-17/h4-9,24H,1-3H3,(H,20,21,25). The van der Waals surface area contributed by atoms with Gasteiger partial charge in [0.15, 0.2) is 23.0 Å². The summed E-state index contributed by atoms with van der Waals surface area (Å²) in [5, 5.41) is 16.8. The Kier molecular flexibility index (Phi) is 4.57. The third kappa shape index (κ3) is 3.34. The Bertz CT molecular complexity index is 985. The van der Waals surface area contributed by atoms with Gasteiger partial charge < -0.3 is 15.2 Å². The Morgan fingerprint density at radius 1 is 1.27 bits per heavy atom. The van der Waals surface area contributed by atoms with Crippen LogP contribution in [-0.4, -0.2) is 32.9 Å². The van der Waals surface area contributed by atoms with Crippen molar-refractivity contribution >= 4 is 11.7 Å². The minimum Gasteiger partial charge on any atom is -0.504 e. The number of pyridine rings is 1. The summed E-state index contributed by atoms with van der Waals surface area (Å²) >= 11 is 0. The lowest BCUT2D eigenvalue weighted by atomic mass is 10.2. The molecule has 0 aliphatic heterocycles. The predicted octanol–water partition coefficient (Wildman–Crippen LogP) is 2.99. The molecule has 0 unspecified atom stereocenters. The number of aryl methyl sites for hydroxylation is 2. The topological polar surface area (TPSA) is 89.3 Å². The van der Waals surface area contributed by atoms with Crippen molar-refractivity contribution in [2.75, 3.05) is 12.4 Å². The highest BCUT2D eigenvalue weighted by Gasteiger charge is 2.20. The summed E-state index contributed by atoms with van der Waals surface area (Å²) in [7, 11) is 1.46. The monoisotopic (exact) mass is 356 g/mol.